The highest BCUT2D eigenvalue weighted by atomic mass is 16.4. The molecule has 7 N–H and O–H groups in total. The van der Waals surface area contributed by atoms with Gasteiger partial charge in [-0.05, 0) is 17.7 Å². The van der Waals surface area contributed by atoms with E-state index in [1.807, 2.05) is 0 Å². The highest BCUT2D eigenvalue weighted by Crippen LogP contribution is 2.28. The number of rotatable bonds is 6. The molecular weight excluding hydrogens is 252 g/mol. The van der Waals surface area contributed by atoms with Crippen molar-refractivity contribution in [1.29, 1.82) is 0 Å². The third kappa shape index (κ3) is 4.23. The van der Waals surface area contributed by atoms with Gasteiger partial charge in [0.2, 0.25) is 0 Å². The molecular formula is C12H16N2O5. The van der Waals surface area contributed by atoms with Crippen LogP contribution in [0.5, 0.6) is 5.75 Å². The molecule has 1 aromatic rings. The van der Waals surface area contributed by atoms with Crippen LogP contribution >= 0.6 is 0 Å². The third-order valence-electron chi connectivity index (χ3n) is 2.67. The first-order chi connectivity index (χ1) is 8.81. The van der Waals surface area contributed by atoms with Gasteiger partial charge in [-0.3, -0.25) is 9.59 Å². The second-order valence-corrected chi connectivity index (χ2v) is 4.23. The average Bonchev–Trinajstić information content (AvgIpc) is 2.27. The van der Waals surface area contributed by atoms with Gasteiger partial charge in [0, 0.05) is 17.6 Å². The van der Waals surface area contributed by atoms with Gasteiger partial charge < -0.3 is 26.8 Å². The van der Waals surface area contributed by atoms with Crippen LogP contribution < -0.4 is 11.5 Å². The number of aliphatic carboxylic acids is 2. The Morgan fingerprint density at radius 1 is 1.05 bits per heavy atom. The third-order valence-corrected chi connectivity index (χ3v) is 2.67. The molecule has 0 aliphatic rings. The standard InChI is InChI=1S/C12H16N2O5/c13-8(4-11(16)17)6-1-2-10(15)7(3-6)9(14)5-12(18)19/h1-3,8-9,15H,4-5,13-14H2,(H,16,17)(H,18,19). The Morgan fingerprint density at radius 2 is 1.58 bits per heavy atom. The molecule has 2 atom stereocenters. The van der Waals surface area contributed by atoms with E-state index in [2.05, 4.69) is 0 Å². The zero-order chi connectivity index (χ0) is 14.6. The Labute approximate surface area is 109 Å². The van der Waals surface area contributed by atoms with Crippen molar-refractivity contribution in [3.05, 3.63) is 29.3 Å². The van der Waals surface area contributed by atoms with Crippen LogP contribution in [0.3, 0.4) is 0 Å². The minimum Gasteiger partial charge on any atom is -0.508 e. The van der Waals surface area contributed by atoms with E-state index in [1.54, 1.807) is 0 Å². The van der Waals surface area contributed by atoms with Crippen molar-refractivity contribution in [2.75, 3.05) is 0 Å². The lowest BCUT2D eigenvalue weighted by atomic mass is 9.97. The lowest BCUT2D eigenvalue weighted by Gasteiger charge is -2.16. The predicted octanol–water partition coefficient (Wildman–Crippen LogP) is 0.341. The van der Waals surface area contributed by atoms with E-state index in [1.165, 1.54) is 18.2 Å². The van der Waals surface area contributed by atoms with E-state index in [-0.39, 0.29) is 24.2 Å². The predicted molar refractivity (Wildman–Crippen MR) is 66.5 cm³/mol. The lowest BCUT2D eigenvalue weighted by molar-refractivity contribution is -0.138. The number of carboxylic acid groups (broad SMARTS) is 2. The number of phenolic OH excluding ortho intramolecular Hbond substituents is 1. The molecule has 1 aromatic carbocycles. The minimum absolute atomic E-state index is 0.139. The number of phenols is 1. The SMILES string of the molecule is NC(CC(=O)O)c1ccc(O)c(C(N)CC(=O)O)c1. The summed E-state index contributed by atoms with van der Waals surface area (Å²) in [6.07, 6.45) is -0.608. The van der Waals surface area contributed by atoms with Gasteiger partial charge in [0.05, 0.1) is 12.8 Å². The number of hydrogen-bond acceptors (Lipinski definition) is 5. The van der Waals surface area contributed by atoms with E-state index < -0.39 is 24.0 Å². The molecule has 0 aromatic heterocycles. The zero-order valence-corrected chi connectivity index (χ0v) is 10.1. The van der Waals surface area contributed by atoms with Crippen molar-refractivity contribution < 1.29 is 24.9 Å². The second-order valence-electron chi connectivity index (χ2n) is 4.23. The van der Waals surface area contributed by atoms with Gasteiger partial charge in [-0.25, -0.2) is 0 Å². The lowest BCUT2D eigenvalue weighted by Crippen LogP contribution is -2.18. The molecule has 0 radical (unpaired) electrons. The van der Waals surface area contributed by atoms with Crippen LogP contribution in [-0.2, 0) is 9.59 Å². The molecule has 2 unspecified atom stereocenters. The summed E-state index contributed by atoms with van der Waals surface area (Å²) in [5, 5.41) is 27.0. The Morgan fingerprint density at radius 3 is 2.11 bits per heavy atom. The van der Waals surface area contributed by atoms with Crippen LogP contribution in [0.2, 0.25) is 0 Å². The van der Waals surface area contributed by atoms with E-state index in [0.717, 1.165) is 0 Å². The maximum Gasteiger partial charge on any atom is 0.305 e. The second kappa shape index (κ2) is 6.17. The fourth-order valence-electron chi connectivity index (χ4n) is 1.70. The van der Waals surface area contributed by atoms with Gasteiger partial charge >= 0.3 is 11.9 Å². The highest BCUT2D eigenvalue weighted by Gasteiger charge is 2.18. The number of hydrogen-bond donors (Lipinski definition) is 5. The van der Waals surface area contributed by atoms with Gasteiger partial charge in [-0.2, -0.15) is 0 Å². The zero-order valence-electron chi connectivity index (χ0n) is 10.1. The summed E-state index contributed by atoms with van der Waals surface area (Å²) in [6, 6.07) is 2.63. The van der Waals surface area contributed by atoms with E-state index in [9.17, 15) is 14.7 Å². The monoisotopic (exact) mass is 268 g/mol. The molecule has 0 heterocycles. The first-order valence-corrected chi connectivity index (χ1v) is 5.58. The van der Waals surface area contributed by atoms with Gasteiger partial charge in [-0.1, -0.05) is 6.07 Å². The minimum atomic E-state index is -1.09. The fourth-order valence-corrected chi connectivity index (χ4v) is 1.70. The molecule has 7 heteroatoms. The Kier molecular flexibility index (Phi) is 4.85. The maximum atomic E-state index is 10.6. The summed E-state index contributed by atoms with van der Waals surface area (Å²) in [6.45, 7) is 0. The van der Waals surface area contributed by atoms with Crippen molar-refractivity contribution in [2.45, 2.75) is 24.9 Å². The van der Waals surface area contributed by atoms with Crippen LogP contribution in [0.15, 0.2) is 18.2 Å². The first-order valence-electron chi connectivity index (χ1n) is 5.58. The Hall–Kier alpha value is -2.12. The molecule has 0 fully saturated rings. The van der Waals surface area contributed by atoms with Crippen molar-refractivity contribution in [3.63, 3.8) is 0 Å². The van der Waals surface area contributed by atoms with Crippen LogP contribution in [0, 0.1) is 0 Å². The van der Waals surface area contributed by atoms with Gasteiger partial charge in [0.25, 0.3) is 0 Å². The number of benzene rings is 1. The number of carboxylic acids is 2. The van der Waals surface area contributed by atoms with Gasteiger partial charge in [-0.15, -0.1) is 0 Å². The maximum absolute atomic E-state index is 10.6. The Bertz CT molecular complexity index is 489. The topological polar surface area (TPSA) is 147 Å². The molecule has 0 saturated heterocycles. The highest BCUT2D eigenvalue weighted by molar-refractivity contribution is 5.69. The number of nitrogens with two attached hydrogens (primary N) is 2. The van der Waals surface area contributed by atoms with E-state index in [0.29, 0.717) is 5.56 Å². The van der Waals surface area contributed by atoms with Crippen molar-refractivity contribution in [2.24, 2.45) is 11.5 Å². The summed E-state index contributed by atoms with van der Waals surface area (Å²) in [4.78, 5) is 21.2. The molecule has 0 bridgehead atoms. The molecule has 104 valence electrons. The van der Waals surface area contributed by atoms with Crippen molar-refractivity contribution >= 4 is 11.9 Å². The summed E-state index contributed by atoms with van der Waals surface area (Å²) in [5.41, 5.74) is 12.1. The molecule has 1 rings (SSSR count). The Balaban J connectivity index is 2.99. The average molecular weight is 268 g/mol. The quantitative estimate of drug-likeness (QED) is 0.499. The fraction of sp³-hybridized carbons (Fsp3) is 0.333. The van der Waals surface area contributed by atoms with Crippen LogP contribution in [0.4, 0.5) is 0 Å². The molecule has 0 aliphatic heterocycles. The summed E-state index contributed by atoms with van der Waals surface area (Å²) in [5.74, 6) is -2.27. The van der Waals surface area contributed by atoms with Crippen LogP contribution in [0.25, 0.3) is 0 Å². The van der Waals surface area contributed by atoms with Crippen LogP contribution in [0.1, 0.15) is 36.1 Å². The van der Waals surface area contributed by atoms with E-state index >= 15 is 0 Å². The van der Waals surface area contributed by atoms with Gasteiger partial charge in [0.1, 0.15) is 5.75 Å². The normalized spacial score (nSPS) is 13.8. The smallest absolute Gasteiger partial charge is 0.305 e. The summed E-state index contributed by atoms with van der Waals surface area (Å²) >= 11 is 0. The van der Waals surface area contributed by atoms with Crippen molar-refractivity contribution in [3.8, 4) is 5.75 Å². The van der Waals surface area contributed by atoms with Crippen molar-refractivity contribution in [1.82, 2.24) is 0 Å². The molecule has 19 heavy (non-hydrogen) atoms. The van der Waals surface area contributed by atoms with E-state index in [4.69, 9.17) is 21.7 Å². The summed E-state index contributed by atoms with van der Waals surface area (Å²) in [7, 11) is 0. The molecule has 0 aliphatic carbocycles. The molecule has 0 spiro atoms. The number of aromatic hydroxyl groups is 1. The molecule has 0 amide bonds. The number of carbonyl (C=O) groups is 2. The molecule has 7 nitrogen and oxygen atoms in total. The van der Waals surface area contributed by atoms with Crippen LogP contribution in [-0.4, -0.2) is 27.3 Å². The van der Waals surface area contributed by atoms with Gasteiger partial charge in [0.15, 0.2) is 0 Å². The summed E-state index contributed by atoms with van der Waals surface area (Å²) < 4.78 is 0. The molecule has 0 saturated carbocycles. The first kappa shape index (κ1) is 14.9. The largest absolute Gasteiger partial charge is 0.508 e.